The summed E-state index contributed by atoms with van der Waals surface area (Å²) in [5.74, 6) is 0.960. The summed E-state index contributed by atoms with van der Waals surface area (Å²) in [7, 11) is 1.67. The number of primary amides is 1. The maximum Gasteiger partial charge on any atom is 0.231 e. The quantitative estimate of drug-likeness (QED) is 0.784. The third-order valence-electron chi connectivity index (χ3n) is 2.54. The van der Waals surface area contributed by atoms with Gasteiger partial charge in [0.1, 0.15) is 5.75 Å². The fraction of sp³-hybridized carbons (Fsp3) is 0.462. The van der Waals surface area contributed by atoms with Crippen molar-refractivity contribution in [3.8, 4) is 5.75 Å². The first-order chi connectivity index (χ1) is 8.04. The van der Waals surface area contributed by atoms with Crippen molar-refractivity contribution in [1.29, 1.82) is 0 Å². The summed E-state index contributed by atoms with van der Waals surface area (Å²) >= 11 is 0. The molecule has 4 nitrogen and oxygen atoms in total. The van der Waals surface area contributed by atoms with Crippen LogP contribution < -0.4 is 15.8 Å². The van der Waals surface area contributed by atoms with Crippen molar-refractivity contribution in [3.63, 3.8) is 0 Å². The third-order valence-corrected chi connectivity index (χ3v) is 2.54. The molecular formula is C13H20N2O2. The number of amides is 1. The van der Waals surface area contributed by atoms with Gasteiger partial charge in [0.2, 0.25) is 5.91 Å². The largest absolute Gasteiger partial charge is 0.496 e. The number of rotatable bonds is 6. The van der Waals surface area contributed by atoms with E-state index in [0.29, 0.717) is 12.5 Å². The van der Waals surface area contributed by atoms with E-state index in [1.807, 2.05) is 12.1 Å². The molecule has 94 valence electrons. The summed E-state index contributed by atoms with van der Waals surface area (Å²) in [6, 6.07) is 6.03. The normalized spacial score (nSPS) is 10.6. The average Bonchev–Trinajstić information content (AvgIpc) is 2.28. The van der Waals surface area contributed by atoms with Crippen LogP contribution in [0.15, 0.2) is 18.2 Å². The molecule has 0 fully saturated rings. The lowest BCUT2D eigenvalue weighted by atomic mass is 9.99. The molecule has 1 amide bonds. The van der Waals surface area contributed by atoms with Gasteiger partial charge in [-0.1, -0.05) is 26.0 Å². The van der Waals surface area contributed by atoms with Crippen molar-refractivity contribution in [2.75, 3.05) is 13.7 Å². The van der Waals surface area contributed by atoms with Crippen molar-refractivity contribution >= 4 is 5.91 Å². The van der Waals surface area contributed by atoms with Gasteiger partial charge in [0.25, 0.3) is 0 Å². The van der Waals surface area contributed by atoms with Crippen molar-refractivity contribution in [1.82, 2.24) is 5.32 Å². The maximum absolute atomic E-state index is 10.6. The summed E-state index contributed by atoms with van der Waals surface area (Å²) in [4.78, 5) is 10.6. The lowest BCUT2D eigenvalue weighted by Crippen LogP contribution is -2.28. The number of benzene rings is 1. The lowest BCUT2D eigenvalue weighted by molar-refractivity contribution is -0.117. The molecule has 3 N–H and O–H groups in total. The topological polar surface area (TPSA) is 64.3 Å². The van der Waals surface area contributed by atoms with Gasteiger partial charge in [-0.2, -0.15) is 0 Å². The van der Waals surface area contributed by atoms with Crippen LogP contribution in [0.5, 0.6) is 5.75 Å². The summed E-state index contributed by atoms with van der Waals surface area (Å²) in [5.41, 5.74) is 7.35. The highest BCUT2D eigenvalue weighted by molar-refractivity contribution is 5.75. The van der Waals surface area contributed by atoms with Crippen LogP contribution in [0.3, 0.4) is 0 Å². The zero-order valence-electron chi connectivity index (χ0n) is 10.6. The highest BCUT2D eigenvalue weighted by atomic mass is 16.5. The average molecular weight is 236 g/mol. The molecule has 0 spiro atoms. The molecule has 1 aromatic carbocycles. The van der Waals surface area contributed by atoms with Crippen LogP contribution in [0.2, 0.25) is 0 Å². The van der Waals surface area contributed by atoms with Gasteiger partial charge in [-0.05, 0) is 23.1 Å². The molecule has 0 aliphatic carbocycles. The second-order valence-corrected chi connectivity index (χ2v) is 4.30. The molecule has 1 aromatic rings. The van der Waals surface area contributed by atoms with E-state index < -0.39 is 0 Å². The van der Waals surface area contributed by atoms with Crippen molar-refractivity contribution < 1.29 is 9.53 Å². The Morgan fingerprint density at radius 1 is 1.47 bits per heavy atom. The third kappa shape index (κ3) is 4.07. The first-order valence-electron chi connectivity index (χ1n) is 5.70. The van der Waals surface area contributed by atoms with E-state index in [4.69, 9.17) is 10.5 Å². The van der Waals surface area contributed by atoms with Gasteiger partial charge in [-0.25, -0.2) is 0 Å². The van der Waals surface area contributed by atoms with Crippen molar-refractivity contribution in [3.05, 3.63) is 29.3 Å². The molecule has 4 heteroatoms. The minimum absolute atomic E-state index is 0.197. The molecule has 0 atom stereocenters. The number of carbonyl (C=O) groups excluding carboxylic acids is 1. The molecule has 0 radical (unpaired) electrons. The monoisotopic (exact) mass is 236 g/mol. The zero-order chi connectivity index (χ0) is 12.8. The SMILES string of the molecule is COc1ccc(CNCC(N)=O)cc1C(C)C. The lowest BCUT2D eigenvalue weighted by Gasteiger charge is -2.13. The number of ether oxygens (including phenoxy) is 1. The van der Waals surface area contributed by atoms with Crippen LogP contribution >= 0.6 is 0 Å². The number of carbonyl (C=O) groups is 1. The smallest absolute Gasteiger partial charge is 0.231 e. The van der Waals surface area contributed by atoms with Gasteiger partial charge < -0.3 is 15.8 Å². The second-order valence-electron chi connectivity index (χ2n) is 4.30. The standard InChI is InChI=1S/C13H20N2O2/c1-9(2)11-6-10(4-5-12(11)17-3)7-15-8-13(14)16/h4-6,9,15H,7-8H2,1-3H3,(H2,14,16). The minimum Gasteiger partial charge on any atom is -0.496 e. The summed E-state index contributed by atoms with van der Waals surface area (Å²) in [6.07, 6.45) is 0. The first-order valence-corrected chi connectivity index (χ1v) is 5.70. The van der Waals surface area contributed by atoms with Crippen molar-refractivity contribution in [2.45, 2.75) is 26.3 Å². The van der Waals surface area contributed by atoms with E-state index >= 15 is 0 Å². The van der Waals surface area contributed by atoms with Crippen molar-refractivity contribution in [2.24, 2.45) is 5.73 Å². The molecule has 0 saturated heterocycles. The summed E-state index contributed by atoms with van der Waals surface area (Å²) in [6.45, 7) is 5.08. The molecule has 1 rings (SSSR count). The Morgan fingerprint density at radius 2 is 2.18 bits per heavy atom. The van der Waals surface area contributed by atoms with Crippen LogP contribution in [0, 0.1) is 0 Å². The Morgan fingerprint density at radius 3 is 2.71 bits per heavy atom. The number of hydrogen-bond donors (Lipinski definition) is 2. The van der Waals surface area contributed by atoms with Crippen LogP contribution in [0.4, 0.5) is 0 Å². The Labute approximate surface area is 102 Å². The fourth-order valence-corrected chi connectivity index (χ4v) is 1.67. The van der Waals surface area contributed by atoms with Crippen LogP contribution in [0.25, 0.3) is 0 Å². The predicted molar refractivity (Wildman–Crippen MR) is 68.0 cm³/mol. The molecule has 17 heavy (non-hydrogen) atoms. The first kappa shape index (κ1) is 13.5. The van der Waals surface area contributed by atoms with Gasteiger partial charge in [0.15, 0.2) is 0 Å². The highest BCUT2D eigenvalue weighted by Crippen LogP contribution is 2.27. The fourth-order valence-electron chi connectivity index (χ4n) is 1.67. The highest BCUT2D eigenvalue weighted by Gasteiger charge is 2.08. The number of methoxy groups -OCH3 is 1. The molecule has 0 saturated carbocycles. The minimum atomic E-state index is -0.345. The van der Waals surface area contributed by atoms with E-state index in [-0.39, 0.29) is 12.5 Å². The number of nitrogens with two attached hydrogens (primary N) is 1. The van der Waals surface area contributed by atoms with E-state index in [2.05, 4.69) is 25.2 Å². The molecule has 0 aliphatic rings. The molecule has 0 bridgehead atoms. The van der Waals surface area contributed by atoms with E-state index in [9.17, 15) is 4.79 Å². The Hall–Kier alpha value is -1.55. The summed E-state index contributed by atoms with van der Waals surface area (Å²) < 4.78 is 5.31. The van der Waals surface area contributed by atoms with E-state index in [1.54, 1.807) is 7.11 Å². The van der Waals surface area contributed by atoms with Crippen LogP contribution in [0.1, 0.15) is 30.9 Å². The number of hydrogen-bond acceptors (Lipinski definition) is 3. The molecule has 0 aliphatic heterocycles. The van der Waals surface area contributed by atoms with E-state index in [0.717, 1.165) is 11.3 Å². The molecule has 0 heterocycles. The van der Waals surface area contributed by atoms with Gasteiger partial charge >= 0.3 is 0 Å². The van der Waals surface area contributed by atoms with Gasteiger partial charge in [-0.3, -0.25) is 4.79 Å². The molecule has 0 unspecified atom stereocenters. The van der Waals surface area contributed by atoms with Gasteiger partial charge in [0, 0.05) is 6.54 Å². The van der Waals surface area contributed by atoms with Gasteiger partial charge in [0.05, 0.1) is 13.7 Å². The van der Waals surface area contributed by atoms with Crippen LogP contribution in [-0.4, -0.2) is 19.6 Å². The second kappa shape index (κ2) is 6.25. The maximum atomic E-state index is 10.6. The number of nitrogens with one attached hydrogen (secondary N) is 1. The van der Waals surface area contributed by atoms with E-state index in [1.165, 1.54) is 5.56 Å². The Bertz CT molecular complexity index is 389. The predicted octanol–water partition coefficient (Wildman–Crippen LogP) is 1.39. The van der Waals surface area contributed by atoms with Gasteiger partial charge in [-0.15, -0.1) is 0 Å². The molecule has 0 aromatic heterocycles. The molecular weight excluding hydrogens is 216 g/mol. The van der Waals surface area contributed by atoms with Crippen LogP contribution in [-0.2, 0) is 11.3 Å². The summed E-state index contributed by atoms with van der Waals surface area (Å²) in [5, 5.41) is 2.99. The Kier molecular flexibility index (Phi) is 4.97. The zero-order valence-corrected chi connectivity index (χ0v) is 10.6. The Balaban J connectivity index is 2.74.